The van der Waals surface area contributed by atoms with Gasteiger partial charge in [0.05, 0.1) is 5.56 Å². The Bertz CT molecular complexity index is 599. The summed E-state index contributed by atoms with van der Waals surface area (Å²) >= 11 is 2.19. The standard InChI is InChI=1S/C14H11FINO2/c15-10-3-6-13(17)12(7-10)14(18)19-8-9-1-4-11(16)5-2-9/h1-7H,8,17H2. The number of rotatable bonds is 3. The van der Waals surface area contributed by atoms with E-state index in [1.54, 1.807) is 0 Å². The third kappa shape index (κ3) is 3.66. The lowest BCUT2D eigenvalue weighted by molar-refractivity contribution is 0.0473. The SMILES string of the molecule is Nc1ccc(F)cc1C(=O)OCc1ccc(I)cc1. The maximum Gasteiger partial charge on any atom is 0.340 e. The molecule has 2 aromatic carbocycles. The van der Waals surface area contributed by atoms with Crippen molar-refractivity contribution in [1.29, 1.82) is 0 Å². The molecular formula is C14H11FINO2. The Kier molecular flexibility index (Phi) is 4.36. The van der Waals surface area contributed by atoms with Crippen molar-refractivity contribution in [3.8, 4) is 0 Å². The van der Waals surface area contributed by atoms with Crippen molar-refractivity contribution in [3.05, 3.63) is 63.0 Å². The van der Waals surface area contributed by atoms with Crippen molar-refractivity contribution in [3.63, 3.8) is 0 Å². The van der Waals surface area contributed by atoms with E-state index < -0.39 is 11.8 Å². The predicted molar refractivity (Wildman–Crippen MR) is 79.1 cm³/mol. The Hall–Kier alpha value is -1.63. The van der Waals surface area contributed by atoms with Crippen LogP contribution in [0.5, 0.6) is 0 Å². The monoisotopic (exact) mass is 371 g/mol. The number of ether oxygens (including phenoxy) is 1. The highest BCUT2D eigenvalue weighted by atomic mass is 127. The second-order valence-corrected chi connectivity index (χ2v) is 5.18. The Morgan fingerprint density at radius 3 is 2.58 bits per heavy atom. The van der Waals surface area contributed by atoms with Gasteiger partial charge in [0.25, 0.3) is 0 Å². The largest absolute Gasteiger partial charge is 0.457 e. The van der Waals surface area contributed by atoms with Crippen LogP contribution in [0.4, 0.5) is 10.1 Å². The number of carbonyl (C=O) groups excluding carboxylic acids is 1. The molecule has 0 saturated heterocycles. The molecule has 0 bridgehead atoms. The minimum absolute atomic E-state index is 0.0468. The number of carbonyl (C=O) groups is 1. The minimum atomic E-state index is -0.629. The molecule has 0 saturated carbocycles. The molecular weight excluding hydrogens is 360 g/mol. The molecule has 0 aliphatic carbocycles. The van der Waals surface area contributed by atoms with Gasteiger partial charge in [-0.2, -0.15) is 0 Å². The smallest absolute Gasteiger partial charge is 0.340 e. The van der Waals surface area contributed by atoms with Gasteiger partial charge in [-0.1, -0.05) is 12.1 Å². The van der Waals surface area contributed by atoms with Crippen molar-refractivity contribution in [2.24, 2.45) is 0 Å². The highest BCUT2D eigenvalue weighted by Gasteiger charge is 2.12. The topological polar surface area (TPSA) is 52.3 Å². The van der Waals surface area contributed by atoms with E-state index in [9.17, 15) is 9.18 Å². The number of halogens is 2. The molecule has 98 valence electrons. The van der Waals surface area contributed by atoms with Gasteiger partial charge < -0.3 is 10.5 Å². The van der Waals surface area contributed by atoms with Crippen LogP contribution in [-0.2, 0) is 11.3 Å². The Morgan fingerprint density at radius 2 is 1.89 bits per heavy atom. The highest BCUT2D eigenvalue weighted by Crippen LogP contribution is 2.16. The fourth-order valence-electron chi connectivity index (χ4n) is 1.51. The molecule has 0 fully saturated rings. The van der Waals surface area contributed by atoms with Crippen LogP contribution in [0.15, 0.2) is 42.5 Å². The van der Waals surface area contributed by atoms with Crippen molar-refractivity contribution in [1.82, 2.24) is 0 Å². The van der Waals surface area contributed by atoms with E-state index in [1.165, 1.54) is 12.1 Å². The molecule has 0 aromatic heterocycles. The van der Waals surface area contributed by atoms with Crippen LogP contribution >= 0.6 is 22.6 Å². The van der Waals surface area contributed by atoms with Gasteiger partial charge in [0.2, 0.25) is 0 Å². The van der Waals surface area contributed by atoms with Gasteiger partial charge in [-0.25, -0.2) is 9.18 Å². The molecule has 0 spiro atoms. The van der Waals surface area contributed by atoms with E-state index in [4.69, 9.17) is 10.5 Å². The fourth-order valence-corrected chi connectivity index (χ4v) is 1.87. The second kappa shape index (κ2) is 6.01. The van der Waals surface area contributed by atoms with Crippen molar-refractivity contribution in [2.45, 2.75) is 6.61 Å². The van der Waals surface area contributed by atoms with E-state index >= 15 is 0 Å². The van der Waals surface area contributed by atoms with E-state index in [1.807, 2.05) is 24.3 Å². The van der Waals surface area contributed by atoms with Gasteiger partial charge in [-0.3, -0.25) is 0 Å². The first-order valence-corrected chi connectivity index (χ1v) is 6.61. The van der Waals surface area contributed by atoms with Crippen LogP contribution in [-0.4, -0.2) is 5.97 Å². The number of benzene rings is 2. The Balaban J connectivity index is 2.05. The maximum absolute atomic E-state index is 13.1. The molecule has 0 heterocycles. The first-order valence-electron chi connectivity index (χ1n) is 5.53. The summed E-state index contributed by atoms with van der Waals surface area (Å²) in [6.45, 7) is 0.131. The number of nitrogens with two attached hydrogens (primary N) is 1. The number of anilines is 1. The van der Waals surface area contributed by atoms with Gasteiger partial charge in [0.15, 0.2) is 0 Å². The van der Waals surface area contributed by atoms with Gasteiger partial charge >= 0.3 is 5.97 Å². The zero-order valence-corrected chi connectivity index (χ0v) is 12.1. The molecule has 19 heavy (non-hydrogen) atoms. The lowest BCUT2D eigenvalue weighted by Crippen LogP contribution is -2.08. The predicted octanol–water partition coefficient (Wildman–Crippen LogP) is 3.37. The summed E-state index contributed by atoms with van der Waals surface area (Å²) in [5.74, 6) is -1.15. The zero-order valence-electron chi connectivity index (χ0n) is 9.90. The molecule has 2 aromatic rings. The van der Waals surface area contributed by atoms with Crippen LogP contribution < -0.4 is 5.73 Å². The molecule has 2 rings (SSSR count). The van der Waals surface area contributed by atoms with Crippen LogP contribution in [0.1, 0.15) is 15.9 Å². The first-order chi connectivity index (χ1) is 9.06. The molecule has 0 amide bonds. The lowest BCUT2D eigenvalue weighted by atomic mass is 10.2. The van der Waals surface area contributed by atoms with Crippen LogP contribution in [0.2, 0.25) is 0 Å². The van der Waals surface area contributed by atoms with Crippen LogP contribution in [0.25, 0.3) is 0 Å². The highest BCUT2D eigenvalue weighted by molar-refractivity contribution is 14.1. The molecule has 0 unspecified atom stereocenters. The van der Waals surface area contributed by atoms with Crippen LogP contribution in [0, 0.1) is 9.39 Å². The number of hydrogen-bond donors (Lipinski definition) is 1. The molecule has 0 aliphatic heterocycles. The van der Waals surface area contributed by atoms with E-state index in [-0.39, 0.29) is 17.9 Å². The summed E-state index contributed by atoms with van der Waals surface area (Å²) in [6.07, 6.45) is 0. The molecule has 0 aliphatic rings. The van der Waals surface area contributed by atoms with Crippen molar-refractivity contribution in [2.75, 3.05) is 5.73 Å². The summed E-state index contributed by atoms with van der Waals surface area (Å²) in [6, 6.07) is 11.2. The maximum atomic E-state index is 13.1. The van der Waals surface area contributed by atoms with Gasteiger partial charge in [-0.05, 0) is 58.5 Å². The quantitative estimate of drug-likeness (QED) is 0.512. The van der Waals surface area contributed by atoms with E-state index in [0.717, 1.165) is 15.2 Å². The van der Waals surface area contributed by atoms with Gasteiger partial charge in [-0.15, -0.1) is 0 Å². The molecule has 0 atom stereocenters. The normalized spacial score (nSPS) is 10.2. The summed E-state index contributed by atoms with van der Waals surface area (Å²) in [7, 11) is 0. The Labute approximate surface area is 123 Å². The minimum Gasteiger partial charge on any atom is -0.457 e. The average molecular weight is 371 g/mol. The van der Waals surface area contributed by atoms with E-state index in [2.05, 4.69) is 22.6 Å². The number of hydrogen-bond acceptors (Lipinski definition) is 3. The molecule has 0 radical (unpaired) electrons. The lowest BCUT2D eigenvalue weighted by Gasteiger charge is -2.07. The van der Waals surface area contributed by atoms with Crippen molar-refractivity contribution >= 4 is 34.2 Å². The first kappa shape index (κ1) is 13.8. The van der Waals surface area contributed by atoms with Crippen LogP contribution in [0.3, 0.4) is 0 Å². The summed E-state index contributed by atoms with van der Waals surface area (Å²) in [4.78, 5) is 11.8. The fraction of sp³-hybridized carbons (Fsp3) is 0.0714. The summed E-state index contributed by atoms with van der Waals surface area (Å²) in [5.41, 5.74) is 6.72. The molecule has 2 N–H and O–H groups in total. The molecule has 5 heteroatoms. The third-order valence-electron chi connectivity index (χ3n) is 2.52. The van der Waals surface area contributed by atoms with E-state index in [0.29, 0.717) is 0 Å². The number of esters is 1. The molecule has 3 nitrogen and oxygen atoms in total. The zero-order chi connectivity index (χ0) is 13.8. The summed E-state index contributed by atoms with van der Waals surface area (Å²) in [5, 5.41) is 0. The van der Waals surface area contributed by atoms with Gasteiger partial charge in [0.1, 0.15) is 12.4 Å². The van der Waals surface area contributed by atoms with Gasteiger partial charge in [0, 0.05) is 9.26 Å². The Morgan fingerprint density at radius 1 is 1.21 bits per heavy atom. The van der Waals surface area contributed by atoms with Crippen molar-refractivity contribution < 1.29 is 13.9 Å². The second-order valence-electron chi connectivity index (χ2n) is 3.93. The summed E-state index contributed by atoms with van der Waals surface area (Å²) < 4.78 is 19.3. The third-order valence-corrected chi connectivity index (χ3v) is 3.24. The number of nitrogen functional groups attached to an aromatic ring is 1. The average Bonchev–Trinajstić information content (AvgIpc) is 2.40.